The van der Waals surface area contributed by atoms with Crippen LogP contribution in [-0.4, -0.2) is 55.1 Å². The summed E-state index contributed by atoms with van der Waals surface area (Å²) in [5.41, 5.74) is 1.37. The van der Waals surface area contributed by atoms with Crippen molar-refractivity contribution >= 4 is 27.1 Å². The average Bonchev–Trinajstić information content (AvgIpc) is 3.17. The predicted octanol–water partition coefficient (Wildman–Crippen LogP) is 4.69. The fourth-order valence-corrected chi connectivity index (χ4v) is 5.90. The van der Waals surface area contributed by atoms with Gasteiger partial charge in [0.1, 0.15) is 0 Å². The van der Waals surface area contributed by atoms with E-state index in [9.17, 15) is 0 Å². The number of piperidine rings is 1. The molecule has 146 valence electrons. The fourth-order valence-electron chi connectivity index (χ4n) is 4.79. The Morgan fingerprint density at radius 1 is 0.857 bits per heavy atom. The van der Waals surface area contributed by atoms with Crippen LogP contribution in [0.1, 0.15) is 17.7 Å². The molecule has 2 saturated heterocycles. The number of benzene rings is 2. The molecule has 1 atom stereocenters. The molecule has 3 aromatic rings. The van der Waals surface area contributed by atoms with Gasteiger partial charge in [-0.15, -0.1) is 11.3 Å². The van der Waals surface area contributed by atoms with E-state index < -0.39 is 0 Å². The zero-order valence-electron chi connectivity index (χ0n) is 16.5. The highest BCUT2D eigenvalue weighted by Gasteiger charge is 2.28. The third kappa shape index (κ3) is 3.95. The maximum atomic E-state index is 2.75. The van der Waals surface area contributed by atoms with E-state index in [4.69, 9.17) is 0 Å². The number of hydrogen-bond donors (Lipinski definition) is 0. The number of thiophene rings is 1. The summed E-state index contributed by atoms with van der Waals surface area (Å²) in [6, 6.07) is 22.8. The van der Waals surface area contributed by atoms with Crippen molar-refractivity contribution < 1.29 is 0 Å². The summed E-state index contributed by atoms with van der Waals surface area (Å²) in [6.07, 6.45) is 2.68. The van der Waals surface area contributed by atoms with E-state index in [0.29, 0.717) is 0 Å². The Labute approximate surface area is 172 Å². The van der Waals surface area contributed by atoms with Crippen molar-refractivity contribution in [3.63, 3.8) is 0 Å². The minimum atomic E-state index is 0.723. The highest BCUT2D eigenvalue weighted by Crippen LogP contribution is 2.28. The molecule has 2 aliphatic rings. The van der Waals surface area contributed by atoms with Crippen LogP contribution in [0.4, 0.5) is 5.69 Å². The molecule has 2 aliphatic heterocycles. The zero-order valence-corrected chi connectivity index (χ0v) is 17.3. The van der Waals surface area contributed by atoms with Crippen LogP contribution in [0, 0.1) is 0 Å². The van der Waals surface area contributed by atoms with Crippen molar-refractivity contribution in [1.29, 1.82) is 0 Å². The molecule has 28 heavy (non-hydrogen) atoms. The summed E-state index contributed by atoms with van der Waals surface area (Å²) >= 11 is 1.96. The Hall–Kier alpha value is -1.88. The van der Waals surface area contributed by atoms with Crippen molar-refractivity contribution in [3.05, 3.63) is 65.5 Å². The molecular formula is C24H29N3S. The Morgan fingerprint density at radius 2 is 1.64 bits per heavy atom. The molecule has 2 fully saturated rings. The molecule has 0 spiro atoms. The van der Waals surface area contributed by atoms with E-state index in [1.165, 1.54) is 59.7 Å². The molecule has 5 rings (SSSR count). The number of rotatable bonds is 4. The monoisotopic (exact) mass is 391 g/mol. The lowest BCUT2D eigenvalue weighted by atomic mass is 10.0. The average molecular weight is 392 g/mol. The van der Waals surface area contributed by atoms with Gasteiger partial charge in [-0.3, -0.25) is 9.80 Å². The second kappa shape index (κ2) is 8.24. The van der Waals surface area contributed by atoms with Gasteiger partial charge < -0.3 is 4.90 Å². The van der Waals surface area contributed by atoms with Gasteiger partial charge >= 0.3 is 0 Å². The lowest BCUT2D eigenvalue weighted by Crippen LogP contribution is -2.55. The smallest absolute Gasteiger partial charge is 0.0367 e. The zero-order chi connectivity index (χ0) is 18.8. The number of hydrogen-bond acceptors (Lipinski definition) is 4. The number of fused-ring (bicyclic) bond motifs is 1. The summed E-state index contributed by atoms with van der Waals surface area (Å²) in [5.74, 6) is 0. The van der Waals surface area contributed by atoms with Crippen molar-refractivity contribution in [1.82, 2.24) is 9.80 Å². The van der Waals surface area contributed by atoms with Gasteiger partial charge in [0.2, 0.25) is 0 Å². The molecule has 1 aromatic heterocycles. The predicted molar refractivity (Wildman–Crippen MR) is 120 cm³/mol. The Kier molecular flexibility index (Phi) is 5.34. The number of piperazine rings is 1. The first kappa shape index (κ1) is 18.2. The first-order valence-electron chi connectivity index (χ1n) is 10.6. The van der Waals surface area contributed by atoms with Crippen LogP contribution in [0.5, 0.6) is 0 Å². The molecule has 2 aromatic carbocycles. The van der Waals surface area contributed by atoms with Crippen LogP contribution in [-0.2, 0) is 6.54 Å². The number of para-hydroxylation sites is 1. The van der Waals surface area contributed by atoms with Crippen LogP contribution >= 0.6 is 11.3 Å². The minimum Gasteiger partial charge on any atom is -0.369 e. The Balaban J connectivity index is 1.18. The van der Waals surface area contributed by atoms with Crippen LogP contribution in [0.2, 0.25) is 0 Å². The summed E-state index contributed by atoms with van der Waals surface area (Å²) in [4.78, 5) is 9.48. The molecule has 0 saturated carbocycles. The van der Waals surface area contributed by atoms with E-state index >= 15 is 0 Å². The molecule has 4 heteroatoms. The van der Waals surface area contributed by atoms with Crippen LogP contribution < -0.4 is 4.90 Å². The molecular weight excluding hydrogens is 362 g/mol. The van der Waals surface area contributed by atoms with Gasteiger partial charge in [-0.05, 0) is 49.0 Å². The van der Waals surface area contributed by atoms with E-state index in [1.807, 2.05) is 11.3 Å². The molecule has 0 amide bonds. The molecule has 0 N–H and O–H groups in total. The normalized spacial score (nSPS) is 22.0. The lowest BCUT2D eigenvalue weighted by Gasteiger charge is -2.44. The molecule has 0 bridgehead atoms. The first-order chi connectivity index (χ1) is 13.8. The highest BCUT2D eigenvalue weighted by atomic mass is 32.1. The lowest BCUT2D eigenvalue weighted by molar-refractivity contribution is 0.0893. The van der Waals surface area contributed by atoms with Crippen LogP contribution in [0.25, 0.3) is 10.1 Å². The van der Waals surface area contributed by atoms with Gasteiger partial charge in [-0.1, -0.05) is 36.4 Å². The van der Waals surface area contributed by atoms with E-state index in [0.717, 1.165) is 25.7 Å². The highest BCUT2D eigenvalue weighted by molar-refractivity contribution is 7.19. The van der Waals surface area contributed by atoms with Crippen molar-refractivity contribution in [2.75, 3.05) is 44.2 Å². The maximum Gasteiger partial charge on any atom is 0.0367 e. The first-order valence-corrected chi connectivity index (χ1v) is 11.4. The van der Waals surface area contributed by atoms with Gasteiger partial charge in [0.25, 0.3) is 0 Å². The summed E-state index contributed by atoms with van der Waals surface area (Å²) in [6.45, 7) is 8.26. The summed E-state index contributed by atoms with van der Waals surface area (Å²) in [7, 11) is 0. The molecule has 0 aliphatic carbocycles. The van der Waals surface area contributed by atoms with E-state index in [2.05, 4.69) is 75.4 Å². The van der Waals surface area contributed by atoms with Gasteiger partial charge in [-0.25, -0.2) is 0 Å². The second-order valence-electron chi connectivity index (χ2n) is 8.14. The standard InChI is InChI=1S/C24H29N3S/c1-2-8-21(9-3-1)26-13-15-27(16-14-26)22-10-6-12-25(18-22)19-23-17-20-7-4-5-11-24(20)28-23/h1-5,7-9,11,17,22H,6,10,12-16,18-19H2/t22-/m1/s1. The topological polar surface area (TPSA) is 9.72 Å². The maximum absolute atomic E-state index is 2.75. The van der Waals surface area contributed by atoms with Crippen LogP contribution in [0.3, 0.4) is 0 Å². The number of likely N-dealkylation sites (tertiary alicyclic amines) is 1. The van der Waals surface area contributed by atoms with Crippen molar-refractivity contribution in [3.8, 4) is 0 Å². The number of anilines is 1. The fraction of sp³-hybridized carbons (Fsp3) is 0.417. The summed E-state index contributed by atoms with van der Waals surface area (Å²) in [5, 5.41) is 1.40. The molecule has 3 nitrogen and oxygen atoms in total. The van der Waals surface area contributed by atoms with E-state index in [-0.39, 0.29) is 0 Å². The molecule has 0 unspecified atom stereocenters. The second-order valence-corrected chi connectivity index (χ2v) is 9.31. The van der Waals surface area contributed by atoms with Gasteiger partial charge in [0.15, 0.2) is 0 Å². The quantitative estimate of drug-likeness (QED) is 0.639. The Bertz CT molecular complexity index is 865. The minimum absolute atomic E-state index is 0.723. The third-order valence-electron chi connectivity index (χ3n) is 6.29. The SMILES string of the molecule is c1ccc(N2CCN([C@@H]3CCCN(Cc4cc5ccccc5s4)C3)CC2)cc1. The van der Waals surface area contributed by atoms with Gasteiger partial charge in [0, 0.05) is 60.6 Å². The van der Waals surface area contributed by atoms with Crippen LogP contribution in [0.15, 0.2) is 60.7 Å². The number of nitrogens with zero attached hydrogens (tertiary/aromatic N) is 3. The largest absolute Gasteiger partial charge is 0.369 e. The van der Waals surface area contributed by atoms with Crippen molar-refractivity contribution in [2.45, 2.75) is 25.4 Å². The molecule has 0 radical (unpaired) electrons. The van der Waals surface area contributed by atoms with Crippen molar-refractivity contribution in [2.24, 2.45) is 0 Å². The van der Waals surface area contributed by atoms with Gasteiger partial charge in [0.05, 0.1) is 0 Å². The Morgan fingerprint density at radius 3 is 2.46 bits per heavy atom. The van der Waals surface area contributed by atoms with E-state index in [1.54, 1.807) is 0 Å². The molecule has 3 heterocycles. The summed E-state index contributed by atoms with van der Waals surface area (Å²) < 4.78 is 1.42. The third-order valence-corrected chi connectivity index (χ3v) is 7.39. The van der Waals surface area contributed by atoms with Gasteiger partial charge in [-0.2, -0.15) is 0 Å².